The van der Waals surface area contributed by atoms with Crippen molar-refractivity contribution in [3.8, 4) is 0 Å². The van der Waals surface area contributed by atoms with Crippen LogP contribution < -0.4 is 0 Å². The topological polar surface area (TPSA) is 88.2 Å². The molecule has 0 aromatic rings. The number of carboxylic acids is 1. The summed E-state index contributed by atoms with van der Waals surface area (Å²) in [4.78, 5) is 16.4. The molecule has 1 saturated carbocycles. The fraction of sp³-hybridized carbons (Fsp3) is 0.917. The summed E-state index contributed by atoms with van der Waals surface area (Å²) >= 11 is 0. The first-order valence-electron chi connectivity index (χ1n) is 6.60. The number of rotatable bonds is 5. The Bertz CT molecular complexity index is 351. The second kappa shape index (κ2) is 6.08. The van der Waals surface area contributed by atoms with Crippen LogP contribution in [-0.4, -0.2) is 39.2 Å². The number of carboxylic acid groups (broad SMARTS) is 1. The molecule has 2 atom stereocenters. The number of hydrazine groups is 1. The number of aliphatic carboxylic acids is 1. The normalized spacial score (nSPS) is 24.3. The molecule has 0 amide bonds. The van der Waals surface area contributed by atoms with Crippen molar-refractivity contribution >= 4 is 5.97 Å². The highest BCUT2D eigenvalue weighted by Gasteiger charge is 2.32. The monoisotopic (exact) mass is 273 g/mol. The highest BCUT2D eigenvalue weighted by Crippen LogP contribution is 2.28. The van der Waals surface area contributed by atoms with Gasteiger partial charge >= 0.3 is 5.97 Å². The van der Waals surface area contributed by atoms with Gasteiger partial charge in [-0.2, -0.15) is 0 Å². The molecule has 0 aliphatic heterocycles. The summed E-state index contributed by atoms with van der Waals surface area (Å²) in [6, 6.07) is 0. The lowest BCUT2D eigenvalue weighted by molar-refractivity contribution is -0.725. The zero-order valence-corrected chi connectivity index (χ0v) is 12.0. The van der Waals surface area contributed by atoms with E-state index in [2.05, 4.69) is 5.28 Å². The van der Waals surface area contributed by atoms with Gasteiger partial charge in [0.25, 0.3) is 0 Å². The van der Waals surface area contributed by atoms with Gasteiger partial charge in [-0.1, -0.05) is 0 Å². The first kappa shape index (κ1) is 15.5. The summed E-state index contributed by atoms with van der Waals surface area (Å²) < 4.78 is 0. The summed E-state index contributed by atoms with van der Waals surface area (Å²) in [5, 5.41) is 25.8. The zero-order chi connectivity index (χ0) is 14.6. The van der Waals surface area contributed by atoms with Crippen molar-refractivity contribution in [1.82, 2.24) is 5.01 Å². The Morgan fingerprint density at radius 2 is 2.16 bits per heavy atom. The zero-order valence-electron chi connectivity index (χ0n) is 12.0. The summed E-state index contributed by atoms with van der Waals surface area (Å²) in [7, 11) is 0. The third-order valence-electron chi connectivity index (χ3n) is 3.28. The molecule has 19 heavy (non-hydrogen) atoms. The van der Waals surface area contributed by atoms with Crippen LogP contribution in [-0.2, 0) is 9.63 Å². The molecule has 0 unspecified atom stereocenters. The van der Waals surface area contributed by atoms with E-state index in [1.165, 1.54) is 5.01 Å². The van der Waals surface area contributed by atoms with Gasteiger partial charge in [0.15, 0.2) is 0 Å². The predicted molar refractivity (Wildman–Crippen MR) is 68.0 cm³/mol. The maximum Gasteiger partial charge on any atom is 0.306 e. The van der Waals surface area contributed by atoms with Crippen LogP contribution in [0, 0.1) is 11.1 Å². The number of nitrogens with zero attached hydrogens (tertiary/aromatic N) is 3. The van der Waals surface area contributed by atoms with E-state index in [1.807, 2.05) is 27.7 Å². The van der Waals surface area contributed by atoms with Crippen LogP contribution in [0.15, 0.2) is 5.28 Å². The minimum Gasteiger partial charge on any atom is -0.569 e. The number of carbonyl (C=O) groups is 1. The van der Waals surface area contributed by atoms with Gasteiger partial charge in [0.05, 0.1) is 23.0 Å². The molecule has 0 aromatic carbocycles. The molecule has 0 radical (unpaired) electrons. The Morgan fingerprint density at radius 3 is 2.58 bits per heavy atom. The van der Waals surface area contributed by atoms with E-state index in [0.29, 0.717) is 30.8 Å². The molecule has 1 N–H and O–H groups in total. The maximum atomic E-state index is 11.8. The average Bonchev–Trinajstić information content (AvgIpc) is 2.74. The lowest BCUT2D eigenvalue weighted by Crippen LogP contribution is -2.45. The smallest absolute Gasteiger partial charge is 0.306 e. The standard InChI is InChI=1S/C12H23N3O4/c1-5-14(12(2,3)4)15(18)13-19-10-7-6-9(8-10)11(16)17/h9-10H,5-8H2,1-4H3,(H,16,17)/b15-13-/t9-,10-/m1/s1. The Labute approximate surface area is 113 Å². The van der Waals surface area contributed by atoms with Crippen LogP contribution in [0.25, 0.3) is 0 Å². The van der Waals surface area contributed by atoms with Crippen LogP contribution in [0.2, 0.25) is 0 Å². The summed E-state index contributed by atoms with van der Waals surface area (Å²) in [5.74, 6) is -1.19. The molecule has 1 aliphatic carbocycles. The lowest BCUT2D eigenvalue weighted by Gasteiger charge is -2.29. The molecule has 7 nitrogen and oxygen atoms in total. The highest BCUT2D eigenvalue weighted by atomic mass is 16.7. The van der Waals surface area contributed by atoms with E-state index >= 15 is 0 Å². The second-order valence-corrected chi connectivity index (χ2v) is 5.80. The van der Waals surface area contributed by atoms with Crippen LogP contribution in [0.3, 0.4) is 0 Å². The molecular weight excluding hydrogens is 250 g/mol. The van der Waals surface area contributed by atoms with Crippen molar-refractivity contribution < 1.29 is 19.7 Å². The molecule has 0 saturated heterocycles. The number of hydrogen-bond donors (Lipinski definition) is 1. The first-order chi connectivity index (χ1) is 8.75. The SMILES string of the molecule is CCN(/[N+]([O-])=N/O[C@@H]1CC[C@@H](C(=O)O)C1)C(C)(C)C. The summed E-state index contributed by atoms with van der Waals surface area (Å²) in [6.45, 7) is 8.11. The molecule has 0 aromatic heterocycles. The summed E-state index contributed by atoms with van der Waals surface area (Å²) in [5.41, 5.74) is -0.345. The van der Waals surface area contributed by atoms with E-state index in [9.17, 15) is 10.0 Å². The van der Waals surface area contributed by atoms with Crippen molar-refractivity contribution in [2.45, 2.75) is 58.6 Å². The third-order valence-corrected chi connectivity index (χ3v) is 3.28. The van der Waals surface area contributed by atoms with Gasteiger partial charge in [0, 0.05) is 6.42 Å². The molecular formula is C12H23N3O4. The van der Waals surface area contributed by atoms with Crippen LogP contribution in [0.5, 0.6) is 0 Å². The maximum absolute atomic E-state index is 11.8. The highest BCUT2D eigenvalue weighted by molar-refractivity contribution is 5.70. The second-order valence-electron chi connectivity index (χ2n) is 5.80. The van der Waals surface area contributed by atoms with E-state index in [1.54, 1.807) is 0 Å². The predicted octanol–water partition coefficient (Wildman–Crippen LogP) is 2.17. The molecule has 1 fully saturated rings. The molecule has 0 spiro atoms. The van der Waals surface area contributed by atoms with Crippen LogP contribution in [0.4, 0.5) is 0 Å². The largest absolute Gasteiger partial charge is 0.569 e. The van der Waals surface area contributed by atoms with Crippen molar-refractivity contribution in [3.05, 3.63) is 5.21 Å². The van der Waals surface area contributed by atoms with Gasteiger partial charge < -0.3 is 15.2 Å². The average molecular weight is 273 g/mol. The fourth-order valence-electron chi connectivity index (χ4n) is 2.26. The molecule has 110 valence electrons. The minimum atomic E-state index is -0.810. The lowest BCUT2D eigenvalue weighted by atomic mass is 10.1. The Hall–Kier alpha value is -1.53. The molecule has 1 aliphatic rings. The van der Waals surface area contributed by atoms with Crippen molar-refractivity contribution in [1.29, 1.82) is 0 Å². The van der Waals surface area contributed by atoms with Crippen molar-refractivity contribution in [2.24, 2.45) is 11.2 Å². The van der Waals surface area contributed by atoms with Gasteiger partial charge in [0.1, 0.15) is 6.10 Å². The Morgan fingerprint density at radius 1 is 1.53 bits per heavy atom. The fourth-order valence-corrected chi connectivity index (χ4v) is 2.26. The van der Waals surface area contributed by atoms with Crippen LogP contribution >= 0.6 is 0 Å². The van der Waals surface area contributed by atoms with Gasteiger partial charge in [0.2, 0.25) is 5.28 Å². The number of hydrogen-bond acceptors (Lipinski definition) is 4. The molecule has 0 heterocycles. The van der Waals surface area contributed by atoms with Gasteiger partial charge in [-0.3, -0.25) is 4.79 Å². The third kappa shape index (κ3) is 4.25. The molecule has 7 heteroatoms. The molecule has 1 rings (SSSR count). The molecule has 0 bridgehead atoms. The Kier molecular flexibility index (Phi) is 4.97. The van der Waals surface area contributed by atoms with Gasteiger partial charge in [-0.15, -0.1) is 5.01 Å². The van der Waals surface area contributed by atoms with E-state index in [-0.39, 0.29) is 17.6 Å². The van der Waals surface area contributed by atoms with Gasteiger partial charge in [-0.05, 0) is 40.5 Å². The van der Waals surface area contributed by atoms with Crippen LogP contribution in [0.1, 0.15) is 47.0 Å². The Balaban J connectivity index is 2.55. The van der Waals surface area contributed by atoms with Crippen molar-refractivity contribution in [3.63, 3.8) is 0 Å². The van der Waals surface area contributed by atoms with E-state index in [4.69, 9.17) is 9.94 Å². The van der Waals surface area contributed by atoms with E-state index in [0.717, 1.165) is 0 Å². The summed E-state index contributed by atoms with van der Waals surface area (Å²) in [6.07, 6.45) is 1.33. The van der Waals surface area contributed by atoms with E-state index < -0.39 is 5.97 Å². The van der Waals surface area contributed by atoms with Crippen molar-refractivity contribution in [2.75, 3.05) is 6.54 Å². The minimum absolute atomic E-state index is 0.281. The first-order valence-corrected chi connectivity index (χ1v) is 6.60. The van der Waals surface area contributed by atoms with Gasteiger partial charge in [-0.25, -0.2) is 0 Å². The quantitative estimate of drug-likeness (QED) is 0.471.